The molecule has 0 atom stereocenters. The third kappa shape index (κ3) is 3.64. The summed E-state index contributed by atoms with van der Waals surface area (Å²) in [5.74, 6) is 0. The second-order valence-corrected chi connectivity index (χ2v) is 5.95. The normalized spacial score (nSPS) is 11.8. The number of pyridine rings is 1. The molecule has 0 amide bonds. The van der Waals surface area contributed by atoms with E-state index in [1.807, 2.05) is 23.9 Å². The van der Waals surface area contributed by atoms with Gasteiger partial charge in [0.1, 0.15) is 0 Å². The van der Waals surface area contributed by atoms with E-state index >= 15 is 0 Å². The Kier molecular flexibility index (Phi) is 3.71. The second-order valence-electron chi connectivity index (χ2n) is 5.95. The number of rotatable bonds is 3. The van der Waals surface area contributed by atoms with E-state index in [9.17, 15) is 0 Å². The molecule has 0 bridgehead atoms. The first-order valence-electron chi connectivity index (χ1n) is 6.59. The Morgan fingerprint density at radius 3 is 2.53 bits per heavy atom. The number of aryl methyl sites for hydroxylation is 2. The molecule has 0 spiro atoms. The van der Waals surface area contributed by atoms with Crippen molar-refractivity contribution in [3.8, 4) is 5.69 Å². The summed E-state index contributed by atoms with van der Waals surface area (Å²) >= 11 is 0. The van der Waals surface area contributed by atoms with E-state index in [4.69, 9.17) is 0 Å². The van der Waals surface area contributed by atoms with Crippen molar-refractivity contribution in [1.29, 1.82) is 0 Å². The lowest BCUT2D eigenvalue weighted by Gasteiger charge is -2.20. The van der Waals surface area contributed by atoms with Crippen LogP contribution in [-0.4, -0.2) is 20.3 Å². The Morgan fingerprint density at radius 1 is 1.21 bits per heavy atom. The van der Waals surface area contributed by atoms with E-state index < -0.39 is 0 Å². The number of nitrogens with one attached hydrogen (secondary N) is 1. The highest BCUT2D eigenvalue weighted by atomic mass is 15.3. The first-order chi connectivity index (χ1) is 8.85. The van der Waals surface area contributed by atoms with Crippen LogP contribution in [0.15, 0.2) is 24.4 Å². The first kappa shape index (κ1) is 13.7. The Hall–Kier alpha value is -1.68. The van der Waals surface area contributed by atoms with Crippen molar-refractivity contribution in [2.75, 3.05) is 0 Å². The van der Waals surface area contributed by atoms with Gasteiger partial charge in [-0.25, -0.2) is 4.68 Å². The molecule has 0 aliphatic heterocycles. The molecule has 1 N–H and O–H groups in total. The molecule has 2 aromatic rings. The van der Waals surface area contributed by atoms with Crippen molar-refractivity contribution in [3.63, 3.8) is 0 Å². The molecular weight excluding hydrogens is 236 g/mol. The fraction of sp³-hybridized carbons (Fsp3) is 0.467. The summed E-state index contributed by atoms with van der Waals surface area (Å²) in [6, 6.07) is 6.14. The van der Waals surface area contributed by atoms with E-state index in [2.05, 4.69) is 55.2 Å². The summed E-state index contributed by atoms with van der Waals surface area (Å²) in [6.07, 6.45) is 1.84. The Bertz CT molecular complexity index is 564. The van der Waals surface area contributed by atoms with Crippen LogP contribution in [0.2, 0.25) is 0 Å². The smallest absolute Gasteiger partial charge is 0.0682 e. The molecule has 0 saturated carbocycles. The van der Waals surface area contributed by atoms with Crippen LogP contribution in [0.25, 0.3) is 5.69 Å². The lowest BCUT2D eigenvalue weighted by molar-refractivity contribution is 0.421. The lowest BCUT2D eigenvalue weighted by atomic mass is 10.1. The molecular formula is C15H22N4. The van der Waals surface area contributed by atoms with Crippen molar-refractivity contribution in [3.05, 3.63) is 41.5 Å². The maximum Gasteiger partial charge on any atom is 0.0682 e. The SMILES string of the molecule is Cc1cc(C)n(-c2ccnc(CNC(C)(C)C)c2)n1. The number of aromatic nitrogens is 3. The van der Waals surface area contributed by atoms with E-state index in [0.717, 1.165) is 29.3 Å². The highest BCUT2D eigenvalue weighted by Crippen LogP contribution is 2.12. The quantitative estimate of drug-likeness (QED) is 0.920. The van der Waals surface area contributed by atoms with E-state index in [-0.39, 0.29) is 5.54 Å². The van der Waals surface area contributed by atoms with Crippen molar-refractivity contribution in [2.24, 2.45) is 0 Å². The largest absolute Gasteiger partial charge is 0.306 e. The molecule has 2 rings (SSSR count). The monoisotopic (exact) mass is 258 g/mol. The van der Waals surface area contributed by atoms with Crippen LogP contribution in [0.4, 0.5) is 0 Å². The molecule has 0 saturated heterocycles. The maximum atomic E-state index is 4.50. The van der Waals surface area contributed by atoms with E-state index in [1.165, 1.54) is 0 Å². The van der Waals surface area contributed by atoms with Crippen LogP contribution in [0.5, 0.6) is 0 Å². The van der Waals surface area contributed by atoms with Crippen LogP contribution in [0, 0.1) is 13.8 Å². The van der Waals surface area contributed by atoms with Gasteiger partial charge in [0.15, 0.2) is 0 Å². The Morgan fingerprint density at radius 2 is 1.95 bits per heavy atom. The molecule has 0 unspecified atom stereocenters. The summed E-state index contributed by atoms with van der Waals surface area (Å²) < 4.78 is 1.96. The highest BCUT2D eigenvalue weighted by molar-refractivity contribution is 5.33. The van der Waals surface area contributed by atoms with Gasteiger partial charge < -0.3 is 5.32 Å². The molecule has 0 aromatic carbocycles. The average molecular weight is 258 g/mol. The highest BCUT2D eigenvalue weighted by Gasteiger charge is 2.10. The summed E-state index contributed by atoms with van der Waals surface area (Å²) in [4.78, 5) is 4.40. The van der Waals surface area contributed by atoms with Gasteiger partial charge in [-0.3, -0.25) is 4.98 Å². The standard InChI is InChI=1S/C15H22N4/c1-11-8-12(2)19(18-11)14-6-7-16-13(9-14)10-17-15(3,4)5/h6-9,17H,10H2,1-5H3. The molecule has 2 aromatic heterocycles. The summed E-state index contributed by atoms with van der Waals surface area (Å²) in [5.41, 5.74) is 4.35. The zero-order valence-electron chi connectivity index (χ0n) is 12.4. The number of hydrogen-bond acceptors (Lipinski definition) is 3. The van der Waals surface area contributed by atoms with Gasteiger partial charge in [0.2, 0.25) is 0 Å². The molecule has 19 heavy (non-hydrogen) atoms. The predicted octanol–water partition coefficient (Wildman–Crippen LogP) is 2.77. The predicted molar refractivity (Wildman–Crippen MR) is 77.4 cm³/mol. The molecule has 102 valence electrons. The zero-order chi connectivity index (χ0) is 14.0. The minimum absolute atomic E-state index is 0.0931. The molecule has 0 radical (unpaired) electrons. The molecule has 4 heteroatoms. The van der Waals surface area contributed by atoms with Gasteiger partial charge in [0.25, 0.3) is 0 Å². The number of hydrogen-bond donors (Lipinski definition) is 1. The topological polar surface area (TPSA) is 42.7 Å². The second kappa shape index (κ2) is 5.13. The summed E-state index contributed by atoms with van der Waals surface area (Å²) in [7, 11) is 0. The fourth-order valence-corrected chi connectivity index (χ4v) is 1.94. The van der Waals surface area contributed by atoms with Crippen LogP contribution in [0.3, 0.4) is 0 Å². The molecule has 0 fully saturated rings. The van der Waals surface area contributed by atoms with Crippen LogP contribution < -0.4 is 5.32 Å². The van der Waals surface area contributed by atoms with Gasteiger partial charge in [-0.05, 0) is 52.8 Å². The van der Waals surface area contributed by atoms with Gasteiger partial charge in [-0.15, -0.1) is 0 Å². The fourth-order valence-electron chi connectivity index (χ4n) is 1.94. The third-order valence-electron chi connectivity index (χ3n) is 2.85. The van der Waals surface area contributed by atoms with Gasteiger partial charge in [-0.1, -0.05) is 0 Å². The molecule has 4 nitrogen and oxygen atoms in total. The summed E-state index contributed by atoms with van der Waals surface area (Å²) in [5, 5.41) is 7.94. The third-order valence-corrected chi connectivity index (χ3v) is 2.85. The van der Waals surface area contributed by atoms with Gasteiger partial charge in [-0.2, -0.15) is 5.10 Å². The van der Waals surface area contributed by atoms with Gasteiger partial charge in [0.05, 0.1) is 17.1 Å². The minimum Gasteiger partial charge on any atom is -0.306 e. The lowest BCUT2D eigenvalue weighted by Crippen LogP contribution is -2.35. The van der Waals surface area contributed by atoms with Crippen molar-refractivity contribution < 1.29 is 0 Å². The average Bonchev–Trinajstić information content (AvgIpc) is 2.65. The van der Waals surface area contributed by atoms with Gasteiger partial charge >= 0.3 is 0 Å². The Labute approximate surface area is 114 Å². The Balaban J connectivity index is 2.22. The van der Waals surface area contributed by atoms with Crippen molar-refractivity contribution in [2.45, 2.75) is 46.7 Å². The van der Waals surface area contributed by atoms with Gasteiger partial charge in [0, 0.05) is 24.0 Å². The van der Waals surface area contributed by atoms with Crippen LogP contribution in [0.1, 0.15) is 37.9 Å². The van der Waals surface area contributed by atoms with E-state index in [0.29, 0.717) is 0 Å². The zero-order valence-corrected chi connectivity index (χ0v) is 12.4. The van der Waals surface area contributed by atoms with Crippen LogP contribution in [-0.2, 0) is 6.54 Å². The first-order valence-corrected chi connectivity index (χ1v) is 6.59. The van der Waals surface area contributed by atoms with E-state index in [1.54, 1.807) is 0 Å². The maximum absolute atomic E-state index is 4.50. The summed E-state index contributed by atoms with van der Waals surface area (Å²) in [6.45, 7) is 11.3. The molecule has 0 aliphatic carbocycles. The minimum atomic E-state index is 0.0931. The van der Waals surface area contributed by atoms with Crippen LogP contribution >= 0.6 is 0 Å². The number of nitrogens with zero attached hydrogens (tertiary/aromatic N) is 3. The molecule has 2 heterocycles. The van der Waals surface area contributed by atoms with Crippen molar-refractivity contribution in [1.82, 2.24) is 20.1 Å². The molecule has 0 aliphatic rings. The van der Waals surface area contributed by atoms with Crippen molar-refractivity contribution >= 4 is 0 Å².